The Bertz CT molecular complexity index is 1270. The van der Waals surface area contributed by atoms with E-state index in [9.17, 15) is 0 Å². The molecule has 1 aliphatic carbocycles. The third-order valence-electron chi connectivity index (χ3n) is 6.35. The van der Waals surface area contributed by atoms with Gasteiger partial charge in [0.2, 0.25) is 11.9 Å². The predicted molar refractivity (Wildman–Crippen MR) is 122 cm³/mol. The van der Waals surface area contributed by atoms with Crippen LogP contribution in [0.4, 0.5) is 11.9 Å². The molecule has 32 heavy (non-hydrogen) atoms. The molecule has 166 valence electrons. The number of para-hydroxylation sites is 1. The Labute approximate surface area is 185 Å². The van der Waals surface area contributed by atoms with E-state index in [1.807, 2.05) is 28.9 Å². The fourth-order valence-electron chi connectivity index (χ4n) is 4.30. The summed E-state index contributed by atoms with van der Waals surface area (Å²) in [4.78, 5) is 22.5. The van der Waals surface area contributed by atoms with Gasteiger partial charge in [0.15, 0.2) is 5.65 Å². The monoisotopic (exact) mass is 433 g/mol. The van der Waals surface area contributed by atoms with E-state index in [-0.39, 0.29) is 0 Å². The molecule has 1 aromatic carbocycles. The van der Waals surface area contributed by atoms with Crippen LogP contribution in [0.2, 0.25) is 0 Å². The molecule has 2 aliphatic rings. The van der Waals surface area contributed by atoms with Gasteiger partial charge < -0.3 is 24.8 Å². The van der Waals surface area contributed by atoms with Crippen LogP contribution in [0.1, 0.15) is 30.1 Å². The number of ether oxygens (including phenoxy) is 1. The van der Waals surface area contributed by atoms with Crippen LogP contribution in [0.25, 0.3) is 16.7 Å². The summed E-state index contributed by atoms with van der Waals surface area (Å²) in [6.45, 7) is 4.34. The van der Waals surface area contributed by atoms with Gasteiger partial charge >= 0.3 is 0 Å². The minimum Gasteiger partial charge on any atom is -0.494 e. The number of nitrogens with zero attached hydrogens (tertiary/aromatic N) is 7. The Morgan fingerprint density at radius 2 is 1.97 bits per heavy atom. The average molecular weight is 434 g/mol. The Morgan fingerprint density at radius 1 is 1.12 bits per heavy atom. The zero-order valence-electron chi connectivity index (χ0n) is 18.4. The van der Waals surface area contributed by atoms with E-state index in [0.29, 0.717) is 18.4 Å². The Kier molecular flexibility index (Phi) is 4.60. The topological polar surface area (TPSA) is 99.5 Å². The van der Waals surface area contributed by atoms with E-state index < -0.39 is 0 Å². The maximum absolute atomic E-state index is 5.44. The Morgan fingerprint density at radius 3 is 2.75 bits per heavy atom. The third kappa shape index (κ3) is 3.40. The molecule has 10 heteroatoms. The lowest BCUT2D eigenvalue weighted by molar-refractivity contribution is 0.311. The molecule has 2 fully saturated rings. The largest absolute Gasteiger partial charge is 0.494 e. The van der Waals surface area contributed by atoms with Crippen molar-refractivity contribution in [2.45, 2.75) is 25.3 Å². The van der Waals surface area contributed by atoms with Gasteiger partial charge in [0, 0.05) is 31.7 Å². The van der Waals surface area contributed by atoms with Gasteiger partial charge in [-0.3, -0.25) is 0 Å². The molecule has 10 nitrogen and oxygen atoms in total. The van der Waals surface area contributed by atoms with Crippen molar-refractivity contribution in [3.8, 4) is 5.75 Å². The van der Waals surface area contributed by atoms with Crippen LogP contribution in [0.5, 0.6) is 5.75 Å². The number of hydrogen-bond donors (Lipinski definition) is 2. The smallest absolute Gasteiger partial charge is 0.230 e. The van der Waals surface area contributed by atoms with Crippen molar-refractivity contribution in [1.82, 2.24) is 34.4 Å². The highest BCUT2D eigenvalue weighted by Gasteiger charge is 2.29. The summed E-state index contributed by atoms with van der Waals surface area (Å²) < 4.78 is 7.27. The van der Waals surface area contributed by atoms with Crippen LogP contribution >= 0.6 is 0 Å². The predicted octanol–water partition coefficient (Wildman–Crippen LogP) is 2.25. The second-order valence-corrected chi connectivity index (χ2v) is 8.64. The molecule has 0 spiro atoms. The van der Waals surface area contributed by atoms with Crippen LogP contribution in [0.15, 0.2) is 24.4 Å². The van der Waals surface area contributed by atoms with Crippen molar-refractivity contribution >= 4 is 28.6 Å². The van der Waals surface area contributed by atoms with Crippen LogP contribution < -0.4 is 15.0 Å². The second kappa shape index (κ2) is 7.63. The summed E-state index contributed by atoms with van der Waals surface area (Å²) in [5.74, 6) is 3.59. The van der Waals surface area contributed by atoms with Crippen LogP contribution in [-0.2, 0) is 6.54 Å². The molecule has 0 bridgehead atoms. The van der Waals surface area contributed by atoms with Gasteiger partial charge in [0.25, 0.3) is 0 Å². The van der Waals surface area contributed by atoms with Crippen molar-refractivity contribution in [3.05, 3.63) is 35.8 Å². The maximum Gasteiger partial charge on any atom is 0.230 e. The fraction of sp³-hybridized carbons (Fsp3) is 0.455. The van der Waals surface area contributed by atoms with Gasteiger partial charge in [-0.1, -0.05) is 6.07 Å². The number of likely N-dealkylation sites (N-methyl/N-ethyl adjacent to an activating group) is 1. The fourth-order valence-corrected chi connectivity index (χ4v) is 4.30. The first-order valence-corrected chi connectivity index (χ1v) is 11.1. The molecule has 4 aromatic rings. The van der Waals surface area contributed by atoms with E-state index in [1.165, 1.54) is 18.4 Å². The molecular formula is C22H27N9O. The molecule has 0 unspecified atom stereocenters. The number of fused-ring (bicyclic) bond motifs is 2. The molecule has 6 rings (SSSR count). The first-order chi connectivity index (χ1) is 15.7. The lowest BCUT2D eigenvalue weighted by atomic mass is 10.2. The van der Waals surface area contributed by atoms with E-state index in [1.54, 1.807) is 7.11 Å². The number of hydrogen-bond acceptors (Lipinski definition) is 8. The number of nitrogens with one attached hydrogen (secondary N) is 2. The number of imidazole rings is 1. The number of benzene rings is 1. The molecule has 2 N–H and O–H groups in total. The lowest BCUT2D eigenvalue weighted by Gasteiger charge is -2.32. The van der Waals surface area contributed by atoms with Crippen molar-refractivity contribution in [1.29, 1.82) is 0 Å². The summed E-state index contributed by atoms with van der Waals surface area (Å²) in [7, 11) is 3.81. The standard InChI is InChI=1S/C22H27N9O/c1-29-8-10-30(11-9-29)22-27-20-15(14-6-7-14)12-24-31(20)21(28-22)23-13-18-25-16-4-3-5-17(32-2)19(16)26-18/h3-5,12,14H,6-11,13H2,1-2H3,(H,25,26)(H,23,27,28). The number of aromatic nitrogens is 6. The summed E-state index contributed by atoms with van der Waals surface area (Å²) in [6.07, 6.45) is 4.37. The summed E-state index contributed by atoms with van der Waals surface area (Å²) >= 11 is 0. The van der Waals surface area contributed by atoms with E-state index in [4.69, 9.17) is 19.7 Å². The molecule has 0 atom stereocenters. The SMILES string of the molecule is COc1cccc2[nH]c(CNc3nc(N4CCN(C)CC4)nc4c(C5CC5)cnn34)nc12. The second-order valence-electron chi connectivity index (χ2n) is 8.64. The van der Waals surface area contributed by atoms with Crippen LogP contribution in [0, 0.1) is 0 Å². The van der Waals surface area contributed by atoms with Gasteiger partial charge in [-0.05, 0) is 37.9 Å². The summed E-state index contributed by atoms with van der Waals surface area (Å²) in [5.41, 5.74) is 3.90. The average Bonchev–Trinajstić information content (AvgIpc) is 3.42. The highest BCUT2D eigenvalue weighted by Crippen LogP contribution is 2.42. The van der Waals surface area contributed by atoms with Gasteiger partial charge in [0.05, 0.1) is 25.4 Å². The van der Waals surface area contributed by atoms with Gasteiger partial charge in [0.1, 0.15) is 17.1 Å². The van der Waals surface area contributed by atoms with E-state index in [2.05, 4.69) is 32.2 Å². The first-order valence-electron chi connectivity index (χ1n) is 11.1. The van der Waals surface area contributed by atoms with E-state index in [0.717, 1.165) is 60.4 Å². The number of anilines is 2. The third-order valence-corrected chi connectivity index (χ3v) is 6.35. The normalized spacial score (nSPS) is 17.4. The van der Waals surface area contributed by atoms with E-state index >= 15 is 0 Å². The zero-order chi connectivity index (χ0) is 21.7. The quantitative estimate of drug-likeness (QED) is 0.478. The Hall–Kier alpha value is -3.40. The molecular weight excluding hydrogens is 406 g/mol. The Balaban J connectivity index is 1.33. The van der Waals surface area contributed by atoms with Crippen molar-refractivity contribution in [2.75, 3.05) is 50.6 Å². The molecule has 1 saturated carbocycles. The van der Waals surface area contributed by atoms with Gasteiger partial charge in [-0.15, -0.1) is 0 Å². The van der Waals surface area contributed by atoms with Gasteiger partial charge in [-0.2, -0.15) is 19.6 Å². The number of piperazine rings is 1. The molecule has 0 radical (unpaired) electrons. The molecule has 4 heterocycles. The zero-order valence-corrected chi connectivity index (χ0v) is 18.4. The number of aromatic amines is 1. The molecule has 0 amide bonds. The first kappa shape index (κ1) is 19.3. The minimum absolute atomic E-state index is 0.491. The lowest BCUT2D eigenvalue weighted by Crippen LogP contribution is -2.45. The number of H-pyrrole nitrogens is 1. The molecule has 1 aliphatic heterocycles. The van der Waals surface area contributed by atoms with Crippen molar-refractivity contribution < 1.29 is 4.74 Å². The summed E-state index contributed by atoms with van der Waals surface area (Å²) in [5, 5.41) is 8.05. The van der Waals surface area contributed by atoms with Gasteiger partial charge in [-0.25, -0.2) is 4.98 Å². The van der Waals surface area contributed by atoms with Crippen molar-refractivity contribution in [3.63, 3.8) is 0 Å². The molecule has 3 aromatic heterocycles. The number of methoxy groups -OCH3 is 1. The maximum atomic E-state index is 5.44. The highest BCUT2D eigenvalue weighted by molar-refractivity contribution is 5.81. The van der Waals surface area contributed by atoms with Crippen molar-refractivity contribution in [2.24, 2.45) is 0 Å². The highest BCUT2D eigenvalue weighted by atomic mass is 16.5. The summed E-state index contributed by atoms with van der Waals surface area (Å²) in [6, 6.07) is 5.87. The van der Waals surface area contributed by atoms with Crippen LogP contribution in [-0.4, -0.2) is 74.8 Å². The minimum atomic E-state index is 0.491. The number of rotatable bonds is 6. The van der Waals surface area contributed by atoms with Crippen LogP contribution in [0.3, 0.4) is 0 Å². The molecule has 1 saturated heterocycles.